The summed E-state index contributed by atoms with van der Waals surface area (Å²) in [6, 6.07) is 0. The van der Waals surface area contributed by atoms with Crippen LogP contribution in [0.3, 0.4) is 0 Å². The van der Waals surface area contributed by atoms with Crippen molar-refractivity contribution >= 4 is 0 Å². The van der Waals surface area contributed by atoms with Gasteiger partial charge in [0, 0.05) is 0 Å². The molecule has 6 heteroatoms. The van der Waals surface area contributed by atoms with Crippen molar-refractivity contribution in [3.8, 4) is 0 Å². The van der Waals surface area contributed by atoms with Crippen LogP contribution < -0.4 is 0 Å². The number of hydrogen-bond acceptors (Lipinski definition) is 6. The van der Waals surface area contributed by atoms with Gasteiger partial charge in [-0.05, 0) is 13.8 Å². The highest BCUT2D eigenvalue weighted by molar-refractivity contribution is 4.91. The number of fused-ring (bicyclic) bond motifs is 1. The maximum absolute atomic E-state index is 9.74. The predicted molar refractivity (Wildman–Crippen MR) is 47.8 cm³/mol. The minimum atomic E-state index is -1.28. The van der Waals surface area contributed by atoms with Crippen molar-refractivity contribution in [3.63, 3.8) is 0 Å². The lowest BCUT2D eigenvalue weighted by atomic mass is 10.0. The predicted octanol–water partition coefficient (Wildman–Crippen LogP) is -1.42. The highest BCUT2D eigenvalue weighted by Gasteiger charge is 2.50. The van der Waals surface area contributed by atoms with Gasteiger partial charge in [-0.2, -0.15) is 0 Å². The lowest BCUT2D eigenvalue weighted by Crippen LogP contribution is -2.45. The molecule has 2 aliphatic rings. The molecular weight excluding hydrogens is 204 g/mol. The van der Waals surface area contributed by atoms with Crippen LogP contribution in [0.15, 0.2) is 0 Å². The van der Waals surface area contributed by atoms with E-state index in [1.807, 2.05) is 0 Å². The van der Waals surface area contributed by atoms with Crippen LogP contribution in [0.4, 0.5) is 0 Å². The first-order chi connectivity index (χ1) is 6.91. The van der Waals surface area contributed by atoms with Crippen LogP contribution in [-0.2, 0) is 14.2 Å². The standard InChI is InChI=1S/C9H16O6/c1-9(2)14-7-6(12)5(11)4(10)3-13-8(7)15-9/h4-8,10-12H,3H2,1-2H3/t4-,5-,6+,7-,8-/m1/s1. The number of rotatable bonds is 0. The van der Waals surface area contributed by atoms with E-state index in [1.165, 1.54) is 0 Å². The molecule has 2 fully saturated rings. The molecule has 0 aliphatic carbocycles. The molecule has 2 rings (SSSR count). The third-order valence-electron chi connectivity index (χ3n) is 2.60. The van der Waals surface area contributed by atoms with Gasteiger partial charge < -0.3 is 29.5 Å². The number of ether oxygens (including phenoxy) is 3. The van der Waals surface area contributed by atoms with Crippen molar-refractivity contribution in [1.29, 1.82) is 0 Å². The van der Waals surface area contributed by atoms with Gasteiger partial charge in [0.1, 0.15) is 24.4 Å². The zero-order chi connectivity index (χ0) is 11.2. The Morgan fingerprint density at radius 1 is 1.07 bits per heavy atom. The molecule has 5 atom stereocenters. The van der Waals surface area contributed by atoms with Crippen LogP contribution in [0.2, 0.25) is 0 Å². The second-order valence-electron chi connectivity index (χ2n) is 4.35. The van der Waals surface area contributed by atoms with E-state index in [0.29, 0.717) is 0 Å². The molecule has 0 unspecified atom stereocenters. The Labute approximate surface area is 87.4 Å². The Morgan fingerprint density at radius 2 is 1.73 bits per heavy atom. The fourth-order valence-corrected chi connectivity index (χ4v) is 1.83. The molecular formula is C9H16O6. The summed E-state index contributed by atoms with van der Waals surface area (Å²) in [5, 5.41) is 28.6. The van der Waals surface area contributed by atoms with E-state index in [1.54, 1.807) is 13.8 Å². The molecule has 0 bridgehead atoms. The van der Waals surface area contributed by atoms with Crippen molar-refractivity contribution in [2.45, 2.75) is 50.3 Å². The summed E-state index contributed by atoms with van der Waals surface area (Å²) in [4.78, 5) is 0. The summed E-state index contributed by atoms with van der Waals surface area (Å²) in [7, 11) is 0. The Kier molecular flexibility index (Phi) is 2.74. The molecule has 88 valence electrons. The summed E-state index contributed by atoms with van der Waals surface area (Å²) >= 11 is 0. The van der Waals surface area contributed by atoms with E-state index >= 15 is 0 Å². The molecule has 2 saturated heterocycles. The van der Waals surface area contributed by atoms with Gasteiger partial charge in [-0.3, -0.25) is 0 Å². The smallest absolute Gasteiger partial charge is 0.189 e. The fraction of sp³-hybridized carbons (Fsp3) is 1.00. The third kappa shape index (κ3) is 2.01. The minimum Gasteiger partial charge on any atom is -0.388 e. The molecule has 0 saturated carbocycles. The van der Waals surface area contributed by atoms with Crippen molar-refractivity contribution in [2.75, 3.05) is 6.61 Å². The highest BCUT2D eigenvalue weighted by atomic mass is 16.8. The summed E-state index contributed by atoms with van der Waals surface area (Å²) in [6.45, 7) is 3.31. The zero-order valence-corrected chi connectivity index (χ0v) is 8.66. The minimum absolute atomic E-state index is 0.0845. The fourth-order valence-electron chi connectivity index (χ4n) is 1.83. The second kappa shape index (κ2) is 3.65. The largest absolute Gasteiger partial charge is 0.388 e. The van der Waals surface area contributed by atoms with Crippen molar-refractivity contribution in [1.82, 2.24) is 0 Å². The van der Waals surface area contributed by atoms with Gasteiger partial charge in [-0.15, -0.1) is 0 Å². The van der Waals surface area contributed by atoms with Crippen LogP contribution in [0.25, 0.3) is 0 Å². The van der Waals surface area contributed by atoms with E-state index in [-0.39, 0.29) is 6.61 Å². The van der Waals surface area contributed by atoms with Gasteiger partial charge in [0.15, 0.2) is 12.1 Å². The molecule has 15 heavy (non-hydrogen) atoms. The molecule has 0 spiro atoms. The SMILES string of the molecule is CC1(C)O[C@H]2OC[C@@H](O)[C@@H](O)[C@H](O)[C@H]2O1. The maximum atomic E-state index is 9.74. The number of hydrogen-bond donors (Lipinski definition) is 3. The molecule has 0 aromatic heterocycles. The zero-order valence-electron chi connectivity index (χ0n) is 8.66. The molecule has 0 radical (unpaired) electrons. The molecule has 3 N–H and O–H groups in total. The quantitative estimate of drug-likeness (QED) is 0.464. The van der Waals surface area contributed by atoms with E-state index in [0.717, 1.165) is 0 Å². The maximum Gasteiger partial charge on any atom is 0.189 e. The second-order valence-corrected chi connectivity index (χ2v) is 4.35. The first-order valence-electron chi connectivity index (χ1n) is 4.92. The topological polar surface area (TPSA) is 88.4 Å². The number of aliphatic hydroxyl groups excluding tert-OH is 3. The average molecular weight is 220 g/mol. The molecule has 6 nitrogen and oxygen atoms in total. The van der Waals surface area contributed by atoms with Gasteiger partial charge in [-0.1, -0.05) is 0 Å². The molecule has 0 amide bonds. The molecule has 2 heterocycles. The normalized spacial score (nSPS) is 49.8. The van der Waals surface area contributed by atoms with E-state index in [9.17, 15) is 15.3 Å². The molecule has 0 aromatic carbocycles. The van der Waals surface area contributed by atoms with Gasteiger partial charge in [-0.25, -0.2) is 0 Å². The van der Waals surface area contributed by atoms with Crippen LogP contribution in [0.1, 0.15) is 13.8 Å². The van der Waals surface area contributed by atoms with Crippen molar-refractivity contribution in [3.05, 3.63) is 0 Å². The Bertz CT molecular complexity index is 241. The van der Waals surface area contributed by atoms with Crippen molar-refractivity contribution in [2.24, 2.45) is 0 Å². The summed E-state index contributed by atoms with van der Waals surface area (Å²) in [5.74, 6) is -0.849. The van der Waals surface area contributed by atoms with Gasteiger partial charge in [0.05, 0.1) is 6.61 Å². The van der Waals surface area contributed by atoms with E-state index in [2.05, 4.69) is 0 Å². The lowest BCUT2D eigenvalue weighted by Gasteiger charge is -2.24. The van der Waals surface area contributed by atoms with E-state index in [4.69, 9.17) is 14.2 Å². The van der Waals surface area contributed by atoms with Crippen LogP contribution in [-0.4, -0.2) is 58.4 Å². The van der Waals surface area contributed by atoms with Crippen molar-refractivity contribution < 1.29 is 29.5 Å². The lowest BCUT2D eigenvalue weighted by molar-refractivity contribution is -0.203. The van der Waals surface area contributed by atoms with Crippen LogP contribution in [0, 0.1) is 0 Å². The number of aliphatic hydroxyl groups is 3. The Balaban J connectivity index is 2.15. The molecule has 2 aliphatic heterocycles. The van der Waals surface area contributed by atoms with Crippen LogP contribution in [0.5, 0.6) is 0 Å². The van der Waals surface area contributed by atoms with E-state index < -0.39 is 36.5 Å². The molecule has 0 aromatic rings. The third-order valence-corrected chi connectivity index (χ3v) is 2.60. The van der Waals surface area contributed by atoms with Gasteiger partial charge in [0.25, 0.3) is 0 Å². The average Bonchev–Trinajstić information content (AvgIpc) is 2.43. The Morgan fingerprint density at radius 3 is 2.40 bits per heavy atom. The monoisotopic (exact) mass is 220 g/mol. The first kappa shape index (κ1) is 11.3. The van der Waals surface area contributed by atoms with Gasteiger partial charge >= 0.3 is 0 Å². The summed E-state index contributed by atoms with van der Waals surface area (Å²) in [6.07, 6.45) is -5.14. The summed E-state index contributed by atoms with van der Waals surface area (Å²) < 4.78 is 16.0. The summed E-state index contributed by atoms with van der Waals surface area (Å²) in [5.41, 5.74) is 0. The van der Waals surface area contributed by atoms with Crippen LogP contribution >= 0.6 is 0 Å². The Hall–Kier alpha value is -0.240. The first-order valence-corrected chi connectivity index (χ1v) is 4.92. The van der Waals surface area contributed by atoms with Gasteiger partial charge in [0.2, 0.25) is 0 Å². The highest BCUT2D eigenvalue weighted by Crippen LogP contribution is 2.33.